The summed E-state index contributed by atoms with van der Waals surface area (Å²) < 4.78 is 18.7. The molecule has 0 unspecified atom stereocenters. The molecular weight excluding hydrogens is 317 g/mol. The van der Waals surface area contributed by atoms with Crippen molar-refractivity contribution in [1.82, 2.24) is 0 Å². The molecule has 0 aliphatic rings. The molecule has 0 aliphatic carbocycles. The SMILES string of the molecule is CC(C)CCOc1ccc(C(=O)Nc2ccc(F)c(Cl)c2)cc1. The van der Waals surface area contributed by atoms with Crippen LogP contribution in [-0.4, -0.2) is 12.5 Å². The fraction of sp³-hybridized carbons (Fsp3) is 0.278. The molecule has 0 heterocycles. The summed E-state index contributed by atoms with van der Waals surface area (Å²) in [5.74, 6) is 0.503. The number of halogens is 2. The van der Waals surface area contributed by atoms with Crippen LogP contribution in [-0.2, 0) is 0 Å². The van der Waals surface area contributed by atoms with Crippen molar-refractivity contribution in [3.63, 3.8) is 0 Å². The van der Waals surface area contributed by atoms with Gasteiger partial charge < -0.3 is 10.1 Å². The number of anilines is 1. The van der Waals surface area contributed by atoms with Crippen molar-refractivity contribution < 1.29 is 13.9 Å². The van der Waals surface area contributed by atoms with Crippen LogP contribution < -0.4 is 10.1 Å². The van der Waals surface area contributed by atoms with Gasteiger partial charge in [-0.2, -0.15) is 0 Å². The molecular formula is C18H19ClFNO2. The van der Waals surface area contributed by atoms with Gasteiger partial charge >= 0.3 is 0 Å². The number of ether oxygens (including phenoxy) is 1. The van der Waals surface area contributed by atoms with Crippen LogP contribution in [0.2, 0.25) is 5.02 Å². The Bertz CT molecular complexity index is 671. The molecule has 0 saturated heterocycles. The van der Waals surface area contributed by atoms with Gasteiger partial charge in [-0.1, -0.05) is 25.4 Å². The van der Waals surface area contributed by atoms with Gasteiger partial charge in [-0.05, 0) is 54.8 Å². The highest BCUT2D eigenvalue weighted by Crippen LogP contribution is 2.20. The van der Waals surface area contributed by atoms with E-state index in [-0.39, 0.29) is 10.9 Å². The first-order chi connectivity index (χ1) is 11.0. The number of carbonyl (C=O) groups excluding carboxylic acids is 1. The van der Waals surface area contributed by atoms with Crippen molar-refractivity contribution in [3.8, 4) is 5.75 Å². The zero-order valence-electron chi connectivity index (χ0n) is 13.1. The van der Waals surface area contributed by atoms with Gasteiger partial charge in [0.15, 0.2) is 0 Å². The third-order valence-corrected chi connectivity index (χ3v) is 3.55. The Morgan fingerprint density at radius 1 is 1.22 bits per heavy atom. The van der Waals surface area contributed by atoms with Gasteiger partial charge in [0.05, 0.1) is 11.6 Å². The minimum Gasteiger partial charge on any atom is -0.494 e. The van der Waals surface area contributed by atoms with E-state index < -0.39 is 5.82 Å². The molecule has 0 atom stereocenters. The van der Waals surface area contributed by atoms with E-state index in [9.17, 15) is 9.18 Å². The Balaban J connectivity index is 1.95. The van der Waals surface area contributed by atoms with Crippen LogP contribution in [0.3, 0.4) is 0 Å². The normalized spacial score (nSPS) is 10.7. The average Bonchev–Trinajstić information content (AvgIpc) is 2.51. The summed E-state index contributed by atoms with van der Waals surface area (Å²) in [6, 6.07) is 10.9. The Hall–Kier alpha value is -2.07. The quantitative estimate of drug-likeness (QED) is 0.792. The summed E-state index contributed by atoms with van der Waals surface area (Å²) in [7, 11) is 0. The lowest BCUT2D eigenvalue weighted by atomic mass is 10.1. The van der Waals surface area contributed by atoms with Crippen LogP contribution in [0.1, 0.15) is 30.6 Å². The third kappa shape index (κ3) is 5.25. The lowest BCUT2D eigenvalue weighted by Gasteiger charge is -2.09. The second-order valence-electron chi connectivity index (χ2n) is 5.64. The minimum absolute atomic E-state index is 0.0308. The van der Waals surface area contributed by atoms with E-state index in [1.54, 1.807) is 24.3 Å². The number of benzene rings is 2. The van der Waals surface area contributed by atoms with E-state index in [1.807, 2.05) is 0 Å². The summed E-state index contributed by atoms with van der Waals surface area (Å²) in [5, 5.41) is 2.64. The largest absolute Gasteiger partial charge is 0.494 e. The van der Waals surface area contributed by atoms with Crippen molar-refractivity contribution in [2.45, 2.75) is 20.3 Å². The second kappa shape index (κ2) is 7.97. The van der Waals surface area contributed by atoms with Crippen LogP contribution in [0.25, 0.3) is 0 Å². The van der Waals surface area contributed by atoms with E-state index >= 15 is 0 Å². The van der Waals surface area contributed by atoms with Gasteiger partial charge in [0.25, 0.3) is 5.91 Å². The Labute approximate surface area is 140 Å². The van der Waals surface area contributed by atoms with Gasteiger partial charge in [0.2, 0.25) is 0 Å². The fourth-order valence-electron chi connectivity index (χ4n) is 1.89. The van der Waals surface area contributed by atoms with E-state index in [0.717, 1.165) is 12.2 Å². The van der Waals surface area contributed by atoms with Crippen LogP contribution >= 0.6 is 11.6 Å². The molecule has 0 saturated carbocycles. The Kier molecular flexibility index (Phi) is 5.99. The molecule has 0 aromatic heterocycles. The first-order valence-electron chi connectivity index (χ1n) is 7.45. The average molecular weight is 336 g/mol. The predicted octanol–water partition coefficient (Wildman–Crippen LogP) is 5.16. The number of rotatable bonds is 6. The third-order valence-electron chi connectivity index (χ3n) is 3.26. The first kappa shape index (κ1) is 17.3. The molecule has 2 aromatic carbocycles. The van der Waals surface area contributed by atoms with Crippen LogP contribution in [0, 0.1) is 11.7 Å². The summed E-state index contributed by atoms with van der Waals surface area (Å²) in [5.41, 5.74) is 0.931. The second-order valence-corrected chi connectivity index (χ2v) is 6.05. The van der Waals surface area contributed by atoms with Crippen LogP contribution in [0.15, 0.2) is 42.5 Å². The topological polar surface area (TPSA) is 38.3 Å². The van der Waals surface area contributed by atoms with Crippen LogP contribution in [0.4, 0.5) is 10.1 Å². The summed E-state index contributed by atoms with van der Waals surface area (Å²) in [6.07, 6.45) is 0.980. The summed E-state index contributed by atoms with van der Waals surface area (Å²) >= 11 is 5.69. The molecule has 2 rings (SSSR count). The zero-order valence-corrected chi connectivity index (χ0v) is 13.9. The lowest BCUT2D eigenvalue weighted by Crippen LogP contribution is -2.12. The molecule has 1 amide bonds. The molecule has 0 spiro atoms. The van der Waals surface area contributed by atoms with Gasteiger partial charge in [-0.3, -0.25) is 4.79 Å². The monoisotopic (exact) mass is 335 g/mol. The van der Waals surface area contributed by atoms with Crippen molar-refractivity contribution in [1.29, 1.82) is 0 Å². The van der Waals surface area contributed by atoms with Crippen molar-refractivity contribution >= 4 is 23.2 Å². The summed E-state index contributed by atoms with van der Waals surface area (Å²) in [6.45, 7) is 4.92. The fourth-order valence-corrected chi connectivity index (χ4v) is 2.07. The maximum absolute atomic E-state index is 13.1. The molecule has 23 heavy (non-hydrogen) atoms. The van der Waals surface area contributed by atoms with E-state index in [0.29, 0.717) is 23.8 Å². The van der Waals surface area contributed by atoms with Gasteiger partial charge in [0, 0.05) is 11.3 Å². The highest BCUT2D eigenvalue weighted by Gasteiger charge is 2.08. The summed E-state index contributed by atoms with van der Waals surface area (Å²) in [4.78, 5) is 12.1. The number of carbonyl (C=O) groups is 1. The smallest absolute Gasteiger partial charge is 0.255 e. The molecule has 0 radical (unpaired) electrons. The Morgan fingerprint density at radius 3 is 2.52 bits per heavy atom. The maximum atomic E-state index is 13.1. The molecule has 122 valence electrons. The van der Waals surface area contributed by atoms with Crippen molar-refractivity contribution in [3.05, 3.63) is 58.9 Å². The highest BCUT2D eigenvalue weighted by molar-refractivity contribution is 6.31. The van der Waals surface area contributed by atoms with Crippen molar-refractivity contribution in [2.24, 2.45) is 5.92 Å². The minimum atomic E-state index is -0.521. The maximum Gasteiger partial charge on any atom is 0.255 e. The standard InChI is InChI=1S/C18H19ClFNO2/c1-12(2)9-10-23-15-6-3-13(4-7-15)18(22)21-14-5-8-17(20)16(19)11-14/h3-8,11-12H,9-10H2,1-2H3,(H,21,22). The van der Waals surface area contributed by atoms with Crippen LogP contribution in [0.5, 0.6) is 5.75 Å². The number of hydrogen-bond acceptors (Lipinski definition) is 2. The van der Waals surface area contributed by atoms with Crippen molar-refractivity contribution in [2.75, 3.05) is 11.9 Å². The highest BCUT2D eigenvalue weighted by atomic mass is 35.5. The van der Waals surface area contributed by atoms with E-state index in [4.69, 9.17) is 16.3 Å². The molecule has 5 heteroatoms. The van der Waals surface area contributed by atoms with Gasteiger partial charge in [0.1, 0.15) is 11.6 Å². The molecule has 1 N–H and O–H groups in total. The molecule has 0 fully saturated rings. The molecule has 0 aliphatic heterocycles. The molecule has 3 nitrogen and oxygen atoms in total. The van der Waals surface area contributed by atoms with Gasteiger partial charge in [-0.15, -0.1) is 0 Å². The van der Waals surface area contributed by atoms with E-state index in [2.05, 4.69) is 19.2 Å². The number of hydrogen-bond donors (Lipinski definition) is 1. The molecule has 2 aromatic rings. The number of amides is 1. The molecule has 0 bridgehead atoms. The van der Waals surface area contributed by atoms with E-state index in [1.165, 1.54) is 18.2 Å². The Morgan fingerprint density at radius 2 is 1.91 bits per heavy atom. The predicted molar refractivity (Wildman–Crippen MR) is 90.8 cm³/mol. The first-order valence-corrected chi connectivity index (χ1v) is 7.83. The lowest BCUT2D eigenvalue weighted by molar-refractivity contribution is 0.102. The van der Waals surface area contributed by atoms with Gasteiger partial charge in [-0.25, -0.2) is 4.39 Å². The number of nitrogens with one attached hydrogen (secondary N) is 1. The zero-order chi connectivity index (χ0) is 16.8.